The van der Waals surface area contributed by atoms with Gasteiger partial charge in [0.25, 0.3) is 5.91 Å². The average Bonchev–Trinajstić information content (AvgIpc) is 3.13. The van der Waals surface area contributed by atoms with Gasteiger partial charge in [0.15, 0.2) is 0 Å². The lowest BCUT2D eigenvalue weighted by Gasteiger charge is -2.15. The third-order valence-electron chi connectivity index (χ3n) is 3.52. The lowest BCUT2D eigenvalue weighted by molar-refractivity contribution is 0.0789. The van der Waals surface area contributed by atoms with Gasteiger partial charge in [-0.15, -0.1) is 11.3 Å². The number of benzene rings is 1. The molecule has 3 aromatic rings. The number of carbonyl (C=O) groups excluding carboxylic acids is 1. The van der Waals surface area contributed by atoms with E-state index in [0.29, 0.717) is 11.4 Å². The van der Waals surface area contributed by atoms with Gasteiger partial charge in [-0.1, -0.05) is 18.2 Å². The van der Waals surface area contributed by atoms with Crippen LogP contribution in [0.1, 0.15) is 25.9 Å². The van der Waals surface area contributed by atoms with Crippen molar-refractivity contribution >= 4 is 17.2 Å². The largest absolute Gasteiger partial charge is 0.337 e. The Balaban J connectivity index is 1.73. The number of thiazole rings is 1. The lowest BCUT2D eigenvalue weighted by atomic mass is 10.3. The third kappa shape index (κ3) is 3.32. The fraction of sp³-hybridized carbons (Fsp3) is 0.235. The summed E-state index contributed by atoms with van der Waals surface area (Å²) in [5.74, 6) is 0.000520. The Kier molecular flexibility index (Phi) is 4.25. The van der Waals surface area contributed by atoms with E-state index in [9.17, 15) is 4.79 Å². The van der Waals surface area contributed by atoms with Gasteiger partial charge in [-0.05, 0) is 26.0 Å². The van der Waals surface area contributed by atoms with Crippen LogP contribution in [0.3, 0.4) is 0 Å². The van der Waals surface area contributed by atoms with E-state index in [0.717, 1.165) is 22.0 Å². The molecule has 23 heavy (non-hydrogen) atoms. The average molecular weight is 326 g/mol. The first-order chi connectivity index (χ1) is 11.0. The van der Waals surface area contributed by atoms with Crippen molar-refractivity contribution in [2.45, 2.75) is 20.4 Å². The molecular weight excluding hydrogens is 308 g/mol. The van der Waals surface area contributed by atoms with Gasteiger partial charge in [-0.2, -0.15) is 5.10 Å². The highest BCUT2D eigenvalue weighted by Gasteiger charge is 2.18. The van der Waals surface area contributed by atoms with Crippen LogP contribution in [0.15, 0.2) is 42.7 Å². The van der Waals surface area contributed by atoms with Crippen molar-refractivity contribution in [2.24, 2.45) is 0 Å². The minimum atomic E-state index is 0.000520. The maximum absolute atomic E-state index is 12.5. The summed E-state index contributed by atoms with van der Waals surface area (Å²) < 4.78 is 1.82. The Bertz CT molecular complexity index is 822. The van der Waals surface area contributed by atoms with Gasteiger partial charge in [-0.25, -0.2) is 9.67 Å². The zero-order chi connectivity index (χ0) is 16.4. The molecule has 0 N–H and O–H groups in total. The Morgan fingerprint density at radius 1 is 1.26 bits per heavy atom. The van der Waals surface area contributed by atoms with Gasteiger partial charge in [-0.3, -0.25) is 4.79 Å². The van der Waals surface area contributed by atoms with E-state index in [1.165, 1.54) is 11.3 Å². The molecule has 3 rings (SSSR count). The number of para-hydroxylation sites is 1. The van der Waals surface area contributed by atoms with Gasteiger partial charge in [0.1, 0.15) is 4.88 Å². The van der Waals surface area contributed by atoms with E-state index in [-0.39, 0.29) is 5.91 Å². The Morgan fingerprint density at radius 2 is 2.00 bits per heavy atom. The van der Waals surface area contributed by atoms with E-state index < -0.39 is 0 Å². The summed E-state index contributed by atoms with van der Waals surface area (Å²) in [6, 6.07) is 9.91. The molecule has 0 aliphatic rings. The smallest absolute Gasteiger partial charge is 0.265 e. The SMILES string of the molecule is Cc1nc(C)c(C(=O)N(C)Cc2cnn(-c3ccccc3)c2)s1. The Morgan fingerprint density at radius 3 is 2.65 bits per heavy atom. The van der Waals surface area contributed by atoms with Crippen molar-refractivity contribution in [1.82, 2.24) is 19.7 Å². The third-order valence-corrected chi connectivity index (χ3v) is 4.58. The summed E-state index contributed by atoms with van der Waals surface area (Å²) in [5.41, 5.74) is 2.79. The molecule has 0 spiro atoms. The van der Waals surface area contributed by atoms with Gasteiger partial charge < -0.3 is 4.90 Å². The van der Waals surface area contributed by atoms with Crippen LogP contribution in [0.2, 0.25) is 0 Å². The minimum Gasteiger partial charge on any atom is -0.337 e. The highest BCUT2D eigenvalue weighted by molar-refractivity contribution is 7.13. The molecule has 0 saturated heterocycles. The monoisotopic (exact) mass is 326 g/mol. The van der Waals surface area contributed by atoms with Crippen molar-refractivity contribution in [3.8, 4) is 5.69 Å². The lowest BCUT2D eigenvalue weighted by Crippen LogP contribution is -2.25. The molecule has 6 heteroatoms. The number of rotatable bonds is 4. The molecule has 5 nitrogen and oxygen atoms in total. The molecule has 0 radical (unpaired) electrons. The number of amides is 1. The molecule has 1 amide bonds. The number of aryl methyl sites for hydroxylation is 2. The molecule has 0 unspecified atom stereocenters. The molecule has 0 bridgehead atoms. The summed E-state index contributed by atoms with van der Waals surface area (Å²) in [6.45, 7) is 4.30. The molecule has 0 atom stereocenters. The molecule has 0 aliphatic carbocycles. The Hall–Kier alpha value is -2.47. The van der Waals surface area contributed by atoms with Crippen molar-refractivity contribution in [3.05, 3.63) is 63.9 Å². The van der Waals surface area contributed by atoms with Crippen LogP contribution in [0, 0.1) is 13.8 Å². The maximum atomic E-state index is 12.5. The normalized spacial score (nSPS) is 10.7. The summed E-state index contributed by atoms with van der Waals surface area (Å²) in [6.07, 6.45) is 3.74. The Labute approximate surface area is 139 Å². The predicted octanol–water partition coefficient (Wildman–Crippen LogP) is 3.22. The first-order valence-electron chi connectivity index (χ1n) is 7.33. The second-order valence-electron chi connectivity index (χ2n) is 5.44. The predicted molar refractivity (Wildman–Crippen MR) is 90.9 cm³/mol. The van der Waals surface area contributed by atoms with Gasteiger partial charge >= 0.3 is 0 Å². The van der Waals surface area contributed by atoms with Crippen molar-refractivity contribution in [1.29, 1.82) is 0 Å². The van der Waals surface area contributed by atoms with Crippen LogP contribution in [0.5, 0.6) is 0 Å². The minimum absolute atomic E-state index is 0.000520. The number of aromatic nitrogens is 3. The van der Waals surface area contributed by atoms with Crippen LogP contribution in [0.4, 0.5) is 0 Å². The van der Waals surface area contributed by atoms with Crippen molar-refractivity contribution in [3.63, 3.8) is 0 Å². The summed E-state index contributed by atoms with van der Waals surface area (Å²) >= 11 is 1.44. The van der Waals surface area contributed by atoms with Crippen LogP contribution in [0.25, 0.3) is 5.69 Å². The summed E-state index contributed by atoms with van der Waals surface area (Å²) in [7, 11) is 1.80. The molecule has 0 fully saturated rings. The van der Waals surface area contributed by atoms with Crippen LogP contribution in [-0.4, -0.2) is 32.6 Å². The van der Waals surface area contributed by atoms with E-state index in [2.05, 4.69) is 10.1 Å². The van der Waals surface area contributed by atoms with Gasteiger partial charge in [0.05, 0.1) is 22.6 Å². The molecule has 1 aromatic carbocycles. The first-order valence-corrected chi connectivity index (χ1v) is 8.14. The van der Waals surface area contributed by atoms with Crippen LogP contribution < -0.4 is 0 Å². The molecule has 0 aliphatic heterocycles. The highest BCUT2D eigenvalue weighted by atomic mass is 32.1. The molecule has 118 valence electrons. The standard InChI is InChI=1S/C17H18N4OS/c1-12-16(23-13(2)19-12)17(22)20(3)10-14-9-18-21(11-14)15-7-5-4-6-8-15/h4-9,11H,10H2,1-3H3. The zero-order valence-corrected chi connectivity index (χ0v) is 14.2. The number of carbonyl (C=O) groups is 1. The van der Waals surface area contributed by atoms with E-state index in [1.807, 2.05) is 55.1 Å². The second-order valence-corrected chi connectivity index (χ2v) is 6.64. The van der Waals surface area contributed by atoms with E-state index in [4.69, 9.17) is 0 Å². The number of hydrogen-bond donors (Lipinski definition) is 0. The number of hydrogen-bond acceptors (Lipinski definition) is 4. The number of nitrogens with zero attached hydrogens (tertiary/aromatic N) is 4. The fourth-order valence-electron chi connectivity index (χ4n) is 2.41. The molecular formula is C17H18N4OS. The highest BCUT2D eigenvalue weighted by Crippen LogP contribution is 2.19. The first kappa shape index (κ1) is 15.4. The molecule has 0 saturated carbocycles. The zero-order valence-electron chi connectivity index (χ0n) is 13.4. The second kappa shape index (κ2) is 6.34. The fourth-order valence-corrected chi connectivity index (χ4v) is 3.33. The van der Waals surface area contributed by atoms with Crippen molar-refractivity contribution < 1.29 is 4.79 Å². The topological polar surface area (TPSA) is 51.0 Å². The quantitative estimate of drug-likeness (QED) is 0.740. The summed E-state index contributed by atoms with van der Waals surface area (Å²) in [4.78, 5) is 19.3. The summed E-state index contributed by atoms with van der Waals surface area (Å²) in [5, 5.41) is 5.28. The van der Waals surface area contributed by atoms with E-state index >= 15 is 0 Å². The van der Waals surface area contributed by atoms with E-state index in [1.54, 1.807) is 18.1 Å². The van der Waals surface area contributed by atoms with Crippen LogP contribution in [-0.2, 0) is 6.54 Å². The van der Waals surface area contributed by atoms with Gasteiger partial charge in [0, 0.05) is 25.4 Å². The molecule has 2 aromatic heterocycles. The maximum Gasteiger partial charge on any atom is 0.265 e. The molecule has 2 heterocycles. The van der Waals surface area contributed by atoms with Crippen molar-refractivity contribution in [2.75, 3.05) is 7.05 Å². The van der Waals surface area contributed by atoms with Crippen LogP contribution >= 0.6 is 11.3 Å². The van der Waals surface area contributed by atoms with Gasteiger partial charge in [0.2, 0.25) is 0 Å².